The van der Waals surface area contributed by atoms with Crippen LogP contribution in [-0.4, -0.2) is 99.4 Å². The Kier molecular flexibility index (Phi) is 15.3. The van der Waals surface area contributed by atoms with Gasteiger partial charge in [-0.1, -0.05) is 0 Å². The molecule has 2 atom stereocenters. The lowest BCUT2D eigenvalue weighted by Gasteiger charge is -2.23. The standard InChI is InChI=1S/C22H25N3O8S2.2C2HF3O2/c23-20(24)13-3-5-15(6-4-13)33-22(29)19-8-7-16(34-19)11-25-9-1-2-17(25)18(26)10-14(21(27)28)12-35(30,31)32;2*3-2(4,5)1(6)7/h3-8,14,17H,1-2,9-12H2,(H3,23,24)(H,27,28)(H,30,31,32);2*(H,6,7)/t14-,17-;;/m0../s1. The first kappa shape index (κ1) is 42.4. The Morgan fingerprint density at radius 3 is 1.90 bits per heavy atom. The van der Waals surface area contributed by atoms with Gasteiger partial charge in [0, 0.05) is 23.4 Å². The van der Waals surface area contributed by atoms with Crippen LogP contribution in [0.1, 0.15) is 39.4 Å². The zero-order valence-electron chi connectivity index (χ0n) is 24.5. The molecule has 1 saturated heterocycles. The van der Waals surface area contributed by atoms with Crippen molar-refractivity contribution in [3.63, 3.8) is 0 Å². The maximum Gasteiger partial charge on any atom is 0.490 e. The normalized spacial score (nSPS) is 15.4. The predicted molar refractivity (Wildman–Crippen MR) is 155 cm³/mol. The number of nitrogens with zero attached hydrogens (tertiary/aromatic N) is 1. The van der Waals surface area contributed by atoms with E-state index in [0.29, 0.717) is 42.1 Å². The summed E-state index contributed by atoms with van der Waals surface area (Å²) >= 11 is 1.21. The Morgan fingerprint density at radius 2 is 1.47 bits per heavy atom. The van der Waals surface area contributed by atoms with Crippen molar-refractivity contribution in [1.82, 2.24) is 4.90 Å². The van der Waals surface area contributed by atoms with E-state index in [1.807, 2.05) is 4.90 Å². The van der Waals surface area contributed by atoms with E-state index in [-0.39, 0.29) is 5.84 Å². The van der Waals surface area contributed by atoms with Gasteiger partial charge in [0.1, 0.15) is 16.5 Å². The topological polar surface area (TPSA) is 263 Å². The Morgan fingerprint density at radius 1 is 0.959 bits per heavy atom. The molecule has 0 unspecified atom stereocenters. The first-order valence-electron chi connectivity index (χ1n) is 13.1. The summed E-state index contributed by atoms with van der Waals surface area (Å²) in [5, 5.41) is 30.9. The summed E-state index contributed by atoms with van der Waals surface area (Å²) < 4.78 is 100.0. The van der Waals surface area contributed by atoms with Crippen LogP contribution in [0.5, 0.6) is 5.75 Å². The van der Waals surface area contributed by atoms with Crippen LogP contribution in [0.2, 0.25) is 0 Å². The van der Waals surface area contributed by atoms with E-state index < -0.39 is 76.3 Å². The van der Waals surface area contributed by atoms with E-state index in [1.54, 1.807) is 24.3 Å². The van der Waals surface area contributed by atoms with Crippen molar-refractivity contribution in [2.45, 2.75) is 44.2 Å². The number of thiophene rings is 1. The number of benzene rings is 1. The molecule has 0 saturated carbocycles. The van der Waals surface area contributed by atoms with Crippen LogP contribution in [-0.2, 0) is 35.8 Å². The molecule has 0 spiro atoms. The third-order valence-electron chi connectivity index (χ3n) is 6.03. The van der Waals surface area contributed by atoms with Crippen molar-refractivity contribution >= 4 is 57.0 Å². The fourth-order valence-electron chi connectivity index (χ4n) is 3.86. The number of nitrogens with one attached hydrogen (secondary N) is 1. The van der Waals surface area contributed by atoms with Crippen LogP contribution in [0.15, 0.2) is 36.4 Å². The van der Waals surface area contributed by atoms with Crippen LogP contribution >= 0.6 is 11.3 Å². The Balaban J connectivity index is 0.000000717. The number of aliphatic carboxylic acids is 3. The van der Waals surface area contributed by atoms with Gasteiger partial charge in [0.05, 0.1) is 17.7 Å². The molecule has 1 fully saturated rings. The molecule has 0 amide bonds. The number of alkyl halides is 6. The van der Waals surface area contributed by atoms with E-state index >= 15 is 0 Å². The molecule has 7 N–H and O–H groups in total. The Hall–Kier alpha value is -4.61. The summed E-state index contributed by atoms with van der Waals surface area (Å²) in [6.45, 7) is 0.949. The summed E-state index contributed by atoms with van der Waals surface area (Å²) in [4.78, 5) is 57.4. The van der Waals surface area contributed by atoms with Gasteiger partial charge >= 0.3 is 36.2 Å². The number of likely N-dealkylation sites (tertiary alicyclic amines) is 1. The van der Waals surface area contributed by atoms with Crippen molar-refractivity contribution in [1.29, 1.82) is 5.41 Å². The molecule has 0 bridgehead atoms. The number of ketones is 1. The largest absolute Gasteiger partial charge is 0.490 e. The fraction of sp³-hybridized carbons (Fsp3) is 0.385. The second-order valence-corrected chi connectivity index (χ2v) is 12.4. The van der Waals surface area contributed by atoms with Crippen LogP contribution in [0.25, 0.3) is 0 Å². The molecule has 2 heterocycles. The zero-order chi connectivity index (χ0) is 37.9. The molecule has 1 aliphatic heterocycles. The number of hydrogen-bond donors (Lipinski definition) is 6. The predicted octanol–water partition coefficient (Wildman–Crippen LogP) is 3.03. The third kappa shape index (κ3) is 15.4. The van der Waals surface area contributed by atoms with E-state index in [1.165, 1.54) is 23.5 Å². The van der Waals surface area contributed by atoms with E-state index in [2.05, 4.69) is 0 Å². The van der Waals surface area contributed by atoms with Crippen molar-refractivity contribution in [3.8, 4) is 5.75 Å². The summed E-state index contributed by atoms with van der Waals surface area (Å²) in [5.74, 6) is -10.3. The maximum atomic E-state index is 12.8. The molecule has 49 heavy (non-hydrogen) atoms. The number of carboxylic acid groups (broad SMARTS) is 3. The lowest BCUT2D eigenvalue weighted by Crippen LogP contribution is -2.38. The molecule has 1 aromatic heterocycles. The molecule has 23 heteroatoms. The number of nitrogen functional groups attached to an aromatic ring is 1. The maximum absolute atomic E-state index is 12.8. The Labute approximate surface area is 276 Å². The molecule has 1 aliphatic rings. The highest BCUT2D eigenvalue weighted by Gasteiger charge is 2.39. The van der Waals surface area contributed by atoms with Gasteiger partial charge in [-0.2, -0.15) is 34.8 Å². The number of carbonyl (C=O) groups excluding carboxylic acids is 2. The number of halogens is 6. The third-order valence-corrected chi connectivity index (χ3v) is 7.90. The quantitative estimate of drug-likeness (QED) is 0.0482. The molecule has 0 radical (unpaired) electrons. The minimum absolute atomic E-state index is 0.0959. The average molecular weight is 752 g/mol. The first-order chi connectivity index (χ1) is 22.3. The van der Waals surface area contributed by atoms with Gasteiger partial charge < -0.3 is 25.8 Å². The molecule has 2 aromatic rings. The zero-order valence-corrected chi connectivity index (χ0v) is 26.2. The van der Waals surface area contributed by atoms with Crippen LogP contribution in [0.3, 0.4) is 0 Å². The van der Waals surface area contributed by atoms with Gasteiger partial charge in [0.15, 0.2) is 5.78 Å². The summed E-state index contributed by atoms with van der Waals surface area (Å²) in [6.07, 6.45) is -9.45. The molecule has 1 aromatic carbocycles. The summed E-state index contributed by atoms with van der Waals surface area (Å²) in [7, 11) is -4.54. The van der Waals surface area contributed by atoms with Gasteiger partial charge in [-0.25, -0.2) is 14.4 Å². The van der Waals surface area contributed by atoms with Gasteiger partial charge in [-0.05, 0) is 55.8 Å². The minimum atomic E-state index is -5.08. The van der Waals surface area contributed by atoms with Crippen LogP contribution in [0.4, 0.5) is 26.3 Å². The second kappa shape index (κ2) is 17.7. The van der Waals surface area contributed by atoms with Crippen molar-refractivity contribution < 1.29 is 83.3 Å². The molecule has 3 rings (SSSR count). The van der Waals surface area contributed by atoms with Crippen molar-refractivity contribution in [2.75, 3.05) is 12.3 Å². The molecule has 15 nitrogen and oxygen atoms in total. The lowest BCUT2D eigenvalue weighted by molar-refractivity contribution is -0.193. The molecule has 272 valence electrons. The summed E-state index contributed by atoms with van der Waals surface area (Å²) in [5.41, 5.74) is 5.91. The van der Waals surface area contributed by atoms with Crippen molar-refractivity contribution in [2.24, 2.45) is 11.7 Å². The van der Waals surface area contributed by atoms with E-state index in [4.69, 9.17) is 40.2 Å². The number of nitrogens with two attached hydrogens (primary N) is 1. The number of hydrogen-bond acceptors (Lipinski definition) is 11. The van der Waals surface area contributed by atoms with Crippen LogP contribution in [0, 0.1) is 11.3 Å². The summed E-state index contributed by atoms with van der Waals surface area (Å²) in [6, 6.07) is 9.01. The van der Waals surface area contributed by atoms with Gasteiger partial charge in [-0.15, -0.1) is 11.3 Å². The van der Waals surface area contributed by atoms with E-state index in [9.17, 15) is 54.3 Å². The number of carbonyl (C=O) groups is 5. The number of ether oxygens (including phenoxy) is 1. The van der Waals surface area contributed by atoms with Crippen molar-refractivity contribution in [3.05, 3.63) is 51.7 Å². The van der Waals surface area contributed by atoms with E-state index in [0.717, 1.165) is 4.88 Å². The average Bonchev–Trinajstić information content (AvgIpc) is 3.62. The second-order valence-electron chi connectivity index (χ2n) is 9.78. The number of esters is 1. The highest BCUT2D eigenvalue weighted by Crippen LogP contribution is 2.27. The number of Topliss-reactive ketones (excluding diaryl/α,β-unsaturated/α-hetero) is 1. The minimum Gasteiger partial charge on any atom is -0.481 e. The fourth-order valence-corrected chi connectivity index (χ4v) is 5.54. The first-order valence-corrected chi connectivity index (χ1v) is 15.5. The Bertz CT molecular complexity index is 1600. The highest BCUT2D eigenvalue weighted by atomic mass is 32.2. The number of rotatable bonds is 11. The monoisotopic (exact) mass is 751 g/mol. The van der Waals surface area contributed by atoms with Crippen LogP contribution < -0.4 is 10.5 Å². The number of carboxylic acids is 3. The molecular weight excluding hydrogens is 724 g/mol. The highest BCUT2D eigenvalue weighted by molar-refractivity contribution is 7.85. The SMILES string of the molecule is N=C(N)c1ccc(OC(=O)c2ccc(CN3CCC[C@H]3C(=O)C[C@@H](CS(=O)(=O)O)C(=O)O)s2)cc1.O=C(O)C(F)(F)F.O=C(O)C(F)(F)F. The number of amidine groups is 1. The molecule has 0 aliphatic carbocycles. The lowest BCUT2D eigenvalue weighted by atomic mass is 9.98. The van der Waals surface area contributed by atoms with Gasteiger partial charge in [0.25, 0.3) is 10.1 Å². The molecular formula is C26H27F6N3O12S2. The van der Waals surface area contributed by atoms with Gasteiger partial charge in [0.2, 0.25) is 0 Å². The smallest absolute Gasteiger partial charge is 0.481 e. The van der Waals surface area contributed by atoms with Gasteiger partial charge in [-0.3, -0.25) is 24.5 Å².